The van der Waals surface area contributed by atoms with Crippen molar-refractivity contribution in [2.45, 2.75) is 46.2 Å². The third-order valence-corrected chi connectivity index (χ3v) is 6.40. The van der Waals surface area contributed by atoms with Gasteiger partial charge in [0.1, 0.15) is 0 Å². The number of piperazine rings is 1. The Morgan fingerprint density at radius 2 is 1.75 bits per heavy atom. The molecule has 0 aliphatic carbocycles. The van der Waals surface area contributed by atoms with Crippen LogP contribution in [0.15, 0.2) is 53.6 Å². The third-order valence-electron chi connectivity index (χ3n) is 6.40. The van der Waals surface area contributed by atoms with E-state index in [1.807, 2.05) is 24.0 Å². The van der Waals surface area contributed by atoms with Crippen molar-refractivity contribution in [3.05, 3.63) is 75.8 Å². The molecule has 168 valence electrons. The number of benzene rings is 2. The predicted octanol–water partition coefficient (Wildman–Crippen LogP) is 3.56. The lowest BCUT2D eigenvalue weighted by atomic mass is 10.0. The van der Waals surface area contributed by atoms with Gasteiger partial charge in [-0.3, -0.25) is 19.1 Å². The van der Waals surface area contributed by atoms with Gasteiger partial charge >= 0.3 is 0 Å². The molecule has 1 saturated heterocycles. The first-order chi connectivity index (χ1) is 15.4. The largest absolute Gasteiger partial charge is 0.340 e. The summed E-state index contributed by atoms with van der Waals surface area (Å²) in [5, 5.41) is 0.606. The number of rotatable bonds is 6. The van der Waals surface area contributed by atoms with E-state index in [0.717, 1.165) is 43.8 Å². The van der Waals surface area contributed by atoms with Crippen LogP contribution in [0.2, 0.25) is 0 Å². The van der Waals surface area contributed by atoms with Crippen LogP contribution in [-0.2, 0) is 17.9 Å². The summed E-state index contributed by atoms with van der Waals surface area (Å²) in [5.74, 6) is 0.645. The van der Waals surface area contributed by atoms with Crippen LogP contribution >= 0.6 is 0 Å². The molecule has 1 aromatic heterocycles. The number of hydrogen-bond acceptors (Lipinski definition) is 4. The van der Waals surface area contributed by atoms with E-state index in [1.165, 1.54) is 11.1 Å². The van der Waals surface area contributed by atoms with Crippen molar-refractivity contribution in [3.63, 3.8) is 0 Å². The Morgan fingerprint density at radius 1 is 1.03 bits per heavy atom. The SMILES string of the molecule is Cc1cccc2c(=O)n(CCC(=O)N3CCN(Cc4ccc(C(C)C)cc4)CC3)cnc12. The molecule has 1 aliphatic heterocycles. The van der Waals surface area contributed by atoms with Crippen LogP contribution in [0.3, 0.4) is 0 Å². The second-order valence-corrected chi connectivity index (χ2v) is 9.02. The highest BCUT2D eigenvalue weighted by molar-refractivity contribution is 5.80. The average molecular weight is 433 g/mol. The van der Waals surface area contributed by atoms with Crippen LogP contribution in [0.5, 0.6) is 0 Å². The van der Waals surface area contributed by atoms with Crippen LogP contribution in [0.1, 0.15) is 42.9 Å². The maximum Gasteiger partial charge on any atom is 0.261 e. The Kier molecular flexibility index (Phi) is 6.70. The molecule has 0 N–H and O–H groups in total. The van der Waals surface area contributed by atoms with Gasteiger partial charge in [-0.05, 0) is 35.6 Å². The molecular weight excluding hydrogens is 400 g/mol. The normalized spacial score (nSPS) is 14.9. The molecule has 6 heteroatoms. The fourth-order valence-corrected chi connectivity index (χ4v) is 4.29. The van der Waals surface area contributed by atoms with Crippen molar-refractivity contribution in [3.8, 4) is 0 Å². The predicted molar refractivity (Wildman–Crippen MR) is 128 cm³/mol. The topological polar surface area (TPSA) is 58.4 Å². The van der Waals surface area contributed by atoms with Crippen LogP contribution in [0, 0.1) is 6.92 Å². The third kappa shape index (κ3) is 4.91. The van der Waals surface area contributed by atoms with Crippen molar-refractivity contribution in [2.75, 3.05) is 26.2 Å². The van der Waals surface area contributed by atoms with Gasteiger partial charge in [0, 0.05) is 45.7 Å². The molecule has 0 unspecified atom stereocenters. The summed E-state index contributed by atoms with van der Waals surface area (Å²) in [4.78, 5) is 34.2. The van der Waals surface area contributed by atoms with E-state index in [2.05, 4.69) is 48.0 Å². The first kappa shape index (κ1) is 22.2. The molecular formula is C26H32N4O2. The number of carbonyl (C=O) groups is 1. The molecule has 0 saturated carbocycles. The number of carbonyl (C=O) groups excluding carboxylic acids is 1. The summed E-state index contributed by atoms with van der Waals surface area (Å²) >= 11 is 0. The smallest absolute Gasteiger partial charge is 0.261 e. The van der Waals surface area contributed by atoms with Gasteiger partial charge in [0.05, 0.1) is 17.2 Å². The molecule has 0 spiro atoms. The monoisotopic (exact) mass is 432 g/mol. The highest BCUT2D eigenvalue weighted by Gasteiger charge is 2.21. The van der Waals surface area contributed by atoms with Crippen LogP contribution in [-0.4, -0.2) is 51.4 Å². The summed E-state index contributed by atoms with van der Waals surface area (Å²) < 4.78 is 1.55. The number of amides is 1. The van der Waals surface area contributed by atoms with Gasteiger partial charge in [0.25, 0.3) is 5.56 Å². The standard InChI is InChI=1S/C26H32N4O2/c1-19(2)22-9-7-21(8-10-22)17-28-13-15-29(16-14-28)24(31)11-12-30-18-27-25-20(3)5-4-6-23(25)26(30)32/h4-10,18-19H,11-17H2,1-3H3. The number of para-hydroxylation sites is 1. The van der Waals surface area contributed by atoms with E-state index in [0.29, 0.717) is 24.3 Å². The van der Waals surface area contributed by atoms with E-state index in [4.69, 9.17) is 0 Å². The van der Waals surface area contributed by atoms with Gasteiger partial charge in [-0.25, -0.2) is 4.98 Å². The van der Waals surface area contributed by atoms with Gasteiger partial charge in [-0.1, -0.05) is 50.2 Å². The Morgan fingerprint density at radius 3 is 2.44 bits per heavy atom. The van der Waals surface area contributed by atoms with Gasteiger partial charge in [-0.15, -0.1) is 0 Å². The van der Waals surface area contributed by atoms with E-state index in [1.54, 1.807) is 17.0 Å². The maximum atomic E-state index is 12.7. The second kappa shape index (κ2) is 9.65. The fourth-order valence-electron chi connectivity index (χ4n) is 4.29. The van der Waals surface area contributed by atoms with Crippen molar-refractivity contribution < 1.29 is 4.79 Å². The number of hydrogen-bond donors (Lipinski definition) is 0. The lowest BCUT2D eigenvalue weighted by Gasteiger charge is -2.35. The Bertz CT molecular complexity index is 1140. The van der Waals surface area contributed by atoms with E-state index in [-0.39, 0.29) is 11.5 Å². The van der Waals surface area contributed by atoms with Gasteiger partial charge < -0.3 is 4.90 Å². The zero-order valence-electron chi connectivity index (χ0n) is 19.3. The van der Waals surface area contributed by atoms with E-state index in [9.17, 15) is 9.59 Å². The van der Waals surface area contributed by atoms with Crippen molar-refractivity contribution in [1.82, 2.24) is 19.4 Å². The number of nitrogens with zero attached hydrogens (tertiary/aromatic N) is 4. The van der Waals surface area contributed by atoms with Crippen molar-refractivity contribution >= 4 is 16.8 Å². The lowest BCUT2D eigenvalue weighted by Crippen LogP contribution is -2.48. The molecule has 0 radical (unpaired) electrons. The van der Waals surface area contributed by atoms with Gasteiger partial charge in [0.15, 0.2) is 0 Å². The maximum absolute atomic E-state index is 12.7. The highest BCUT2D eigenvalue weighted by Crippen LogP contribution is 2.16. The quantitative estimate of drug-likeness (QED) is 0.598. The summed E-state index contributed by atoms with van der Waals surface area (Å²) in [5.41, 5.74) is 4.30. The second-order valence-electron chi connectivity index (χ2n) is 9.02. The fraction of sp³-hybridized carbons (Fsp3) is 0.423. The molecule has 1 fully saturated rings. The highest BCUT2D eigenvalue weighted by atomic mass is 16.2. The molecule has 3 aromatic rings. The molecule has 2 heterocycles. The minimum Gasteiger partial charge on any atom is -0.340 e. The van der Waals surface area contributed by atoms with Crippen molar-refractivity contribution in [1.29, 1.82) is 0 Å². The first-order valence-electron chi connectivity index (χ1n) is 11.5. The Hall–Kier alpha value is -2.99. The molecule has 4 rings (SSSR count). The van der Waals surface area contributed by atoms with Crippen LogP contribution in [0.4, 0.5) is 0 Å². The molecule has 0 bridgehead atoms. The zero-order valence-corrected chi connectivity index (χ0v) is 19.3. The molecule has 1 amide bonds. The summed E-state index contributed by atoms with van der Waals surface area (Å²) in [6.45, 7) is 10.8. The Labute approximate surface area is 189 Å². The number of aromatic nitrogens is 2. The molecule has 6 nitrogen and oxygen atoms in total. The molecule has 32 heavy (non-hydrogen) atoms. The van der Waals surface area contributed by atoms with Crippen molar-refractivity contribution in [2.24, 2.45) is 0 Å². The van der Waals surface area contributed by atoms with Gasteiger partial charge in [0.2, 0.25) is 5.91 Å². The van der Waals surface area contributed by atoms with E-state index >= 15 is 0 Å². The zero-order chi connectivity index (χ0) is 22.7. The molecule has 0 atom stereocenters. The minimum atomic E-state index is -0.0835. The summed E-state index contributed by atoms with van der Waals surface area (Å²) in [6, 6.07) is 14.5. The van der Waals surface area contributed by atoms with Crippen LogP contribution < -0.4 is 5.56 Å². The van der Waals surface area contributed by atoms with Gasteiger partial charge in [-0.2, -0.15) is 0 Å². The lowest BCUT2D eigenvalue weighted by molar-refractivity contribution is -0.133. The Balaban J connectivity index is 1.29. The number of fused-ring (bicyclic) bond motifs is 1. The molecule has 2 aromatic carbocycles. The van der Waals surface area contributed by atoms with Crippen LogP contribution in [0.25, 0.3) is 10.9 Å². The average Bonchev–Trinajstić information content (AvgIpc) is 2.80. The molecule has 1 aliphatic rings. The summed E-state index contributed by atoms with van der Waals surface area (Å²) in [7, 11) is 0. The number of aryl methyl sites for hydroxylation is 2. The first-order valence-corrected chi connectivity index (χ1v) is 11.5. The van der Waals surface area contributed by atoms with E-state index < -0.39 is 0 Å². The minimum absolute atomic E-state index is 0.0835. The summed E-state index contributed by atoms with van der Waals surface area (Å²) in [6.07, 6.45) is 1.88.